The highest BCUT2D eigenvalue weighted by Crippen LogP contribution is 2.26. The van der Waals surface area contributed by atoms with Gasteiger partial charge in [-0.3, -0.25) is 4.90 Å². The van der Waals surface area contributed by atoms with Crippen molar-refractivity contribution in [3.63, 3.8) is 0 Å². The number of likely N-dealkylation sites (tertiary alicyclic amines) is 1. The lowest BCUT2D eigenvalue weighted by molar-refractivity contribution is 0.138. The standard InChI is InChI=1S/C28H32N4O3/c1-2-13-32(12-1)14-17-35-27-9-8-25-19-24(27)21-34-16-4-3-15-33-20-22-6-5-7-23(18-22)26-10-11-29-28(30-25)31-26/h3-11,18-19H,1-2,12-17,20-21H2,(H,29,30,31)/b4-3+/i1D2,2D2,15D2,16D2,17D2,21D2. The predicted molar refractivity (Wildman–Crippen MR) is 137 cm³/mol. The lowest BCUT2D eigenvalue weighted by Gasteiger charge is -2.17. The molecule has 0 aliphatic carbocycles. The Bertz CT molecular complexity index is 1640. The fourth-order valence-electron chi connectivity index (χ4n) is 3.37. The average Bonchev–Trinajstić information content (AvgIpc) is 3.15. The van der Waals surface area contributed by atoms with Gasteiger partial charge in [0.05, 0.1) is 42.9 Å². The molecule has 0 spiro atoms. The average molecular weight is 485 g/mol. The van der Waals surface area contributed by atoms with Gasteiger partial charge in [-0.25, -0.2) is 9.97 Å². The van der Waals surface area contributed by atoms with Gasteiger partial charge in [-0.2, -0.15) is 0 Å². The maximum absolute atomic E-state index is 8.70. The Hall–Kier alpha value is -3.26. The Morgan fingerprint density at radius 3 is 2.86 bits per heavy atom. The molecule has 0 saturated carbocycles. The van der Waals surface area contributed by atoms with Crippen molar-refractivity contribution in [3.05, 3.63) is 78.0 Å². The minimum Gasteiger partial charge on any atom is -0.492 e. The molecule has 3 aromatic rings. The second kappa shape index (κ2) is 11.9. The molecule has 6 bridgehead atoms. The third-order valence-corrected chi connectivity index (χ3v) is 5.08. The second-order valence-corrected chi connectivity index (χ2v) is 7.61. The van der Waals surface area contributed by atoms with E-state index < -0.39 is 64.2 Å². The van der Waals surface area contributed by atoms with Gasteiger partial charge in [0.15, 0.2) is 0 Å². The largest absolute Gasteiger partial charge is 0.492 e. The summed E-state index contributed by atoms with van der Waals surface area (Å²) in [6.07, 6.45) is -1.50. The van der Waals surface area contributed by atoms with Crippen LogP contribution in [0.25, 0.3) is 11.3 Å². The molecular weight excluding hydrogens is 440 g/mol. The number of nitrogens with zero attached hydrogens (tertiary/aromatic N) is 3. The highest BCUT2D eigenvalue weighted by molar-refractivity contribution is 5.63. The zero-order chi connectivity index (χ0) is 34.5. The molecule has 1 aromatic heterocycles. The molecule has 0 unspecified atom stereocenters. The first kappa shape index (κ1) is 13.2. The van der Waals surface area contributed by atoms with E-state index in [1.165, 1.54) is 29.3 Å². The third kappa shape index (κ3) is 6.66. The van der Waals surface area contributed by atoms with Crippen molar-refractivity contribution < 1.29 is 30.7 Å². The van der Waals surface area contributed by atoms with Gasteiger partial charge in [-0.15, -0.1) is 0 Å². The SMILES string of the molecule is [2H]C1([2H])/C=C/C([2H])([2H])OC([2H])([2H])c2cc(ccc2OC([2H])([2H])CN2CC([2H])([2H])C([2H])([2H])C2)Nc2nccc(n2)-c2cccc(c2)CO1. The quantitative estimate of drug-likeness (QED) is 0.525. The van der Waals surface area contributed by atoms with Crippen LogP contribution in [0.4, 0.5) is 11.6 Å². The van der Waals surface area contributed by atoms with Crippen LogP contribution in [0.1, 0.15) is 40.3 Å². The minimum atomic E-state index is -3.00. The molecule has 182 valence electrons. The van der Waals surface area contributed by atoms with Crippen LogP contribution in [-0.2, 0) is 22.6 Å². The van der Waals surface area contributed by atoms with Gasteiger partial charge in [0.1, 0.15) is 12.3 Å². The van der Waals surface area contributed by atoms with Crippen LogP contribution in [-0.4, -0.2) is 54.2 Å². The summed E-state index contributed by atoms with van der Waals surface area (Å²) in [5.41, 5.74) is 1.59. The van der Waals surface area contributed by atoms with E-state index in [0.717, 1.165) is 6.08 Å². The summed E-state index contributed by atoms with van der Waals surface area (Å²) >= 11 is 0. The van der Waals surface area contributed by atoms with Crippen molar-refractivity contribution in [2.75, 3.05) is 44.6 Å². The first-order valence-corrected chi connectivity index (χ1v) is 10.9. The van der Waals surface area contributed by atoms with Gasteiger partial charge < -0.3 is 19.5 Å². The molecule has 2 aliphatic heterocycles. The Kier molecular flexibility index (Phi) is 4.49. The monoisotopic (exact) mass is 484 g/mol. The van der Waals surface area contributed by atoms with Crippen LogP contribution in [0.5, 0.6) is 5.75 Å². The van der Waals surface area contributed by atoms with Crippen molar-refractivity contribution >= 4 is 11.6 Å². The molecule has 7 nitrogen and oxygen atoms in total. The highest BCUT2D eigenvalue weighted by atomic mass is 16.5. The van der Waals surface area contributed by atoms with Crippen molar-refractivity contribution in [1.82, 2.24) is 14.9 Å². The molecule has 3 heterocycles. The van der Waals surface area contributed by atoms with Gasteiger partial charge in [-0.1, -0.05) is 30.4 Å². The Balaban J connectivity index is 1.53. The molecule has 2 aliphatic rings. The number of hydrogen-bond donors (Lipinski definition) is 1. The number of hydrogen-bond acceptors (Lipinski definition) is 7. The van der Waals surface area contributed by atoms with Crippen LogP contribution in [0, 0.1) is 0 Å². The fraction of sp³-hybridized carbons (Fsp3) is 0.357. The van der Waals surface area contributed by atoms with E-state index in [9.17, 15) is 0 Å². The Labute approximate surface area is 223 Å². The van der Waals surface area contributed by atoms with E-state index in [1.54, 1.807) is 30.3 Å². The normalized spacial score (nSPS) is 30.4. The predicted octanol–water partition coefficient (Wildman–Crippen LogP) is 4.96. The first-order chi connectivity index (χ1) is 21.6. The number of fused-ring (bicyclic) bond motifs is 7. The van der Waals surface area contributed by atoms with E-state index in [0.29, 0.717) is 22.9 Å². The van der Waals surface area contributed by atoms with Crippen LogP contribution in [0.3, 0.4) is 0 Å². The van der Waals surface area contributed by atoms with E-state index >= 15 is 0 Å². The molecule has 35 heavy (non-hydrogen) atoms. The zero-order valence-corrected chi connectivity index (χ0v) is 18.7. The molecule has 0 radical (unpaired) electrons. The summed E-state index contributed by atoms with van der Waals surface area (Å²) in [6, 6.07) is 12.6. The summed E-state index contributed by atoms with van der Waals surface area (Å²) in [7, 11) is 0. The maximum atomic E-state index is 8.70. The van der Waals surface area contributed by atoms with Gasteiger partial charge in [0, 0.05) is 35.0 Å². The van der Waals surface area contributed by atoms with Crippen LogP contribution in [0.2, 0.25) is 0 Å². The number of ether oxygens (including phenoxy) is 3. The zero-order valence-electron chi connectivity index (χ0n) is 30.7. The molecule has 1 fully saturated rings. The first-order valence-electron chi connectivity index (χ1n) is 16.9. The molecule has 2 aromatic carbocycles. The molecular formula is C28H32N4O3. The number of anilines is 2. The summed E-state index contributed by atoms with van der Waals surface area (Å²) in [5, 5.41) is 2.96. The van der Waals surface area contributed by atoms with E-state index in [1.807, 2.05) is 0 Å². The van der Waals surface area contributed by atoms with E-state index in [-0.39, 0.29) is 24.0 Å². The van der Waals surface area contributed by atoms with Crippen molar-refractivity contribution in [2.24, 2.45) is 0 Å². The topological polar surface area (TPSA) is 68.7 Å². The molecule has 1 N–H and O–H groups in total. The van der Waals surface area contributed by atoms with E-state index in [2.05, 4.69) is 15.3 Å². The lowest BCUT2D eigenvalue weighted by Crippen LogP contribution is -2.25. The lowest BCUT2D eigenvalue weighted by atomic mass is 10.1. The summed E-state index contributed by atoms with van der Waals surface area (Å²) < 4.78 is 115. The van der Waals surface area contributed by atoms with Gasteiger partial charge in [0.25, 0.3) is 0 Å². The van der Waals surface area contributed by atoms with Crippen molar-refractivity contribution in [3.8, 4) is 17.0 Å². The van der Waals surface area contributed by atoms with Crippen LogP contribution < -0.4 is 10.1 Å². The number of benzene rings is 2. The highest BCUT2D eigenvalue weighted by Gasteiger charge is 2.13. The fourth-order valence-corrected chi connectivity index (χ4v) is 3.37. The minimum absolute atomic E-state index is 0.119. The molecule has 1 saturated heterocycles. The van der Waals surface area contributed by atoms with Gasteiger partial charge in [0.2, 0.25) is 5.95 Å². The molecule has 0 atom stereocenters. The smallest absolute Gasteiger partial charge is 0.227 e. The Morgan fingerprint density at radius 2 is 1.94 bits per heavy atom. The van der Waals surface area contributed by atoms with Gasteiger partial charge >= 0.3 is 0 Å². The van der Waals surface area contributed by atoms with E-state index in [4.69, 9.17) is 30.7 Å². The number of rotatable bonds is 4. The Morgan fingerprint density at radius 1 is 1.06 bits per heavy atom. The number of aromatic nitrogens is 2. The van der Waals surface area contributed by atoms with Crippen molar-refractivity contribution in [2.45, 2.75) is 25.9 Å². The summed E-state index contributed by atoms with van der Waals surface area (Å²) in [5.74, 6) is -0.260. The second-order valence-electron chi connectivity index (χ2n) is 7.61. The number of nitrogens with one attached hydrogen (secondary N) is 1. The third-order valence-electron chi connectivity index (χ3n) is 5.08. The van der Waals surface area contributed by atoms with Gasteiger partial charge in [-0.05, 0) is 61.7 Å². The summed E-state index contributed by atoms with van der Waals surface area (Å²) in [4.78, 5) is 9.98. The van der Waals surface area contributed by atoms with Crippen LogP contribution in [0.15, 0.2) is 66.9 Å². The maximum Gasteiger partial charge on any atom is 0.227 e. The summed E-state index contributed by atoms with van der Waals surface area (Å²) in [6.45, 7) is -12.5. The molecule has 5 rings (SSSR count). The van der Waals surface area contributed by atoms with Crippen LogP contribution >= 0.6 is 0 Å². The van der Waals surface area contributed by atoms with Crippen molar-refractivity contribution in [1.29, 1.82) is 0 Å². The molecule has 7 heteroatoms. The molecule has 0 amide bonds.